The van der Waals surface area contributed by atoms with Gasteiger partial charge in [-0.05, 0) is 12.8 Å². The predicted molar refractivity (Wildman–Crippen MR) is 37.5 cm³/mol. The normalized spacial score (nSPS) is 35.8. The van der Waals surface area contributed by atoms with Gasteiger partial charge in [0.2, 0.25) is 0 Å². The fourth-order valence-corrected chi connectivity index (χ4v) is 1.94. The van der Waals surface area contributed by atoms with Crippen LogP contribution in [0.15, 0.2) is 0 Å². The maximum Gasteiger partial charge on any atom is 0.407 e. The van der Waals surface area contributed by atoms with Crippen molar-refractivity contribution in [1.29, 1.82) is 0 Å². The van der Waals surface area contributed by atoms with Gasteiger partial charge in [-0.3, -0.25) is 0 Å². The second kappa shape index (κ2) is 2.37. The van der Waals surface area contributed by atoms with Crippen LogP contribution in [0.5, 0.6) is 0 Å². The molecular weight excluding hydrogens is 146 g/mol. The number of carboxylic acid groups (broad SMARTS) is 1. The van der Waals surface area contributed by atoms with E-state index in [1.165, 1.54) is 4.90 Å². The Hall–Kier alpha value is -0.770. The molecule has 0 aromatic heterocycles. The number of nitrogens with zero attached hydrogens (tertiary/aromatic N) is 1. The molecule has 0 spiro atoms. The summed E-state index contributed by atoms with van der Waals surface area (Å²) in [5.41, 5.74) is 0. The van der Waals surface area contributed by atoms with Crippen molar-refractivity contribution in [2.75, 3.05) is 13.2 Å². The van der Waals surface area contributed by atoms with Gasteiger partial charge in [-0.1, -0.05) is 0 Å². The molecular formula is C7H11NO3. The van der Waals surface area contributed by atoms with Crippen LogP contribution in [-0.2, 0) is 4.74 Å². The van der Waals surface area contributed by atoms with E-state index < -0.39 is 6.09 Å². The highest BCUT2D eigenvalue weighted by atomic mass is 16.5. The van der Waals surface area contributed by atoms with Crippen molar-refractivity contribution in [3.8, 4) is 0 Å². The molecule has 0 saturated carbocycles. The average Bonchev–Trinajstić information content (AvgIpc) is 2.41. The van der Waals surface area contributed by atoms with Crippen molar-refractivity contribution >= 4 is 6.09 Å². The molecule has 1 N–H and O–H groups in total. The number of likely N-dealkylation sites (tertiary alicyclic amines) is 1. The molecule has 0 aromatic rings. The summed E-state index contributed by atoms with van der Waals surface area (Å²) < 4.78 is 5.35. The molecule has 2 aliphatic heterocycles. The Balaban J connectivity index is 2.08. The van der Waals surface area contributed by atoms with Crippen LogP contribution in [0.1, 0.15) is 12.8 Å². The van der Waals surface area contributed by atoms with E-state index in [2.05, 4.69) is 0 Å². The number of hydrogen-bond acceptors (Lipinski definition) is 2. The van der Waals surface area contributed by atoms with E-state index >= 15 is 0 Å². The molecule has 62 valence electrons. The summed E-state index contributed by atoms with van der Waals surface area (Å²) in [5.74, 6) is 0. The molecule has 11 heavy (non-hydrogen) atoms. The van der Waals surface area contributed by atoms with Crippen LogP contribution in [0.2, 0.25) is 0 Å². The summed E-state index contributed by atoms with van der Waals surface area (Å²) in [6, 6.07) is 0.146. The average molecular weight is 157 g/mol. The van der Waals surface area contributed by atoms with Crippen LogP contribution in [0.25, 0.3) is 0 Å². The van der Waals surface area contributed by atoms with Crippen LogP contribution in [0, 0.1) is 0 Å². The molecule has 2 rings (SSSR count). The van der Waals surface area contributed by atoms with Crippen LogP contribution < -0.4 is 0 Å². The standard InChI is InChI=1S/C7H11NO3/c9-7(10)8-3-1-6-5(8)2-4-11-6/h5-6H,1-4H2,(H,9,10). The minimum absolute atomic E-state index is 0.146. The summed E-state index contributed by atoms with van der Waals surface area (Å²) in [7, 11) is 0. The summed E-state index contributed by atoms with van der Waals surface area (Å²) in [4.78, 5) is 12.1. The number of ether oxygens (including phenoxy) is 1. The van der Waals surface area contributed by atoms with E-state index in [1.807, 2.05) is 0 Å². The molecule has 4 nitrogen and oxygen atoms in total. The monoisotopic (exact) mass is 157 g/mol. The molecule has 0 radical (unpaired) electrons. The highest BCUT2D eigenvalue weighted by Gasteiger charge is 2.40. The van der Waals surface area contributed by atoms with Gasteiger partial charge in [0.15, 0.2) is 0 Å². The van der Waals surface area contributed by atoms with E-state index in [1.54, 1.807) is 0 Å². The number of hydrogen-bond donors (Lipinski definition) is 1. The Morgan fingerprint density at radius 2 is 2.36 bits per heavy atom. The van der Waals surface area contributed by atoms with Crippen molar-refractivity contribution in [2.45, 2.75) is 25.0 Å². The van der Waals surface area contributed by atoms with Gasteiger partial charge < -0.3 is 14.7 Å². The smallest absolute Gasteiger partial charge is 0.407 e. The Morgan fingerprint density at radius 1 is 1.55 bits per heavy atom. The molecule has 0 aromatic carbocycles. The van der Waals surface area contributed by atoms with Gasteiger partial charge in [-0.25, -0.2) is 4.79 Å². The Morgan fingerprint density at radius 3 is 3.09 bits per heavy atom. The third kappa shape index (κ3) is 0.976. The molecule has 2 heterocycles. The quantitative estimate of drug-likeness (QED) is 0.558. The zero-order valence-corrected chi connectivity index (χ0v) is 6.19. The summed E-state index contributed by atoms with van der Waals surface area (Å²) >= 11 is 0. The minimum atomic E-state index is -0.803. The number of fused-ring (bicyclic) bond motifs is 1. The second-order valence-corrected chi connectivity index (χ2v) is 3.03. The van der Waals surface area contributed by atoms with Crippen molar-refractivity contribution in [3.05, 3.63) is 0 Å². The summed E-state index contributed by atoms with van der Waals surface area (Å²) in [6.45, 7) is 1.36. The lowest BCUT2D eigenvalue weighted by Crippen LogP contribution is -2.36. The van der Waals surface area contributed by atoms with Crippen LogP contribution >= 0.6 is 0 Å². The molecule has 2 unspecified atom stereocenters. The van der Waals surface area contributed by atoms with E-state index in [0.717, 1.165) is 19.4 Å². The van der Waals surface area contributed by atoms with Gasteiger partial charge in [-0.2, -0.15) is 0 Å². The van der Waals surface area contributed by atoms with Crippen LogP contribution in [0.4, 0.5) is 4.79 Å². The summed E-state index contributed by atoms with van der Waals surface area (Å²) in [5, 5.41) is 8.73. The molecule has 0 bridgehead atoms. The van der Waals surface area contributed by atoms with E-state index in [-0.39, 0.29) is 12.1 Å². The molecule has 4 heteroatoms. The Kier molecular flexibility index (Phi) is 1.49. The molecule has 2 fully saturated rings. The number of amides is 1. The molecule has 1 amide bonds. The Labute approximate surface area is 64.7 Å². The fourth-order valence-electron chi connectivity index (χ4n) is 1.94. The van der Waals surface area contributed by atoms with Crippen LogP contribution in [0.3, 0.4) is 0 Å². The van der Waals surface area contributed by atoms with E-state index in [9.17, 15) is 4.79 Å². The zero-order chi connectivity index (χ0) is 7.84. The highest BCUT2D eigenvalue weighted by Crippen LogP contribution is 2.28. The van der Waals surface area contributed by atoms with Gasteiger partial charge >= 0.3 is 6.09 Å². The van der Waals surface area contributed by atoms with Gasteiger partial charge in [0.05, 0.1) is 12.1 Å². The van der Waals surface area contributed by atoms with E-state index in [0.29, 0.717) is 6.54 Å². The lowest BCUT2D eigenvalue weighted by Gasteiger charge is -2.18. The first-order valence-corrected chi connectivity index (χ1v) is 3.90. The summed E-state index contributed by atoms with van der Waals surface area (Å²) in [6.07, 6.45) is 1.13. The topological polar surface area (TPSA) is 49.8 Å². The SMILES string of the molecule is O=C(O)N1CCC2OCCC21. The van der Waals surface area contributed by atoms with Crippen molar-refractivity contribution in [2.24, 2.45) is 0 Å². The lowest BCUT2D eigenvalue weighted by atomic mass is 10.1. The van der Waals surface area contributed by atoms with Crippen molar-refractivity contribution in [1.82, 2.24) is 4.90 Å². The van der Waals surface area contributed by atoms with Gasteiger partial charge in [0, 0.05) is 13.2 Å². The van der Waals surface area contributed by atoms with Gasteiger partial charge in [-0.15, -0.1) is 0 Å². The first-order valence-electron chi connectivity index (χ1n) is 3.90. The maximum absolute atomic E-state index is 10.6. The molecule has 2 aliphatic rings. The number of rotatable bonds is 0. The van der Waals surface area contributed by atoms with Crippen LogP contribution in [-0.4, -0.2) is 41.4 Å². The molecule has 2 saturated heterocycles. The van der Waals surface area contributed by atoms with Gasteiger partial charge in [0.1, 0.15) is 0 Å². The second-order valence-electron chi connectivity index (χ2n) is 3.03. The first kappa shape index (κ1) is 6.91. The number of carbonyl (C=O) groups is 1. The maximum atomic E-state index is 10.6. The lowest BCUT2D eigenvalue weighted by molar-refractivity contribution is 0.102. The van der Waals surface area contributed by atoms with Gasteiger partial charge in [0.25, 0.3) is 0 Å². The third-order valence-corrected chi connectivity index (χ3v) is 2.48. The predicted octanol–water partition coefficient (Wildman–Crippen LogP) is 0.528. The Bertz CT molecular complexity index is 183. The minimum Gasteiger partial charge on any atom is -0.465 e. The highest BCUT2D eigenvalue weighted by molar-refractivity contribution is 5.66. The third-order valence-electron chi connectivity index (χ3n) is 2.48. The largest absolute Gasteiger partial charge is 0.465 e. The fraction of sp³-hybridized carbons (Fsp3) is 0.857. The first-order chi connectivity index (χ1) is 5.29. The molecule has 2 atom stereocenters. The van der Waals surface area contributed by atoms with Crippen molar-refractivity contribution in [3.63, 3.8) is 0 Å². The van der Waals surface area contributed by atoms with E-state index in [4.69, 9.17) is 9.84 Å². The zero-order valence-electron chi connectivity index (χ0n) is 6.19. The van der Waals surface area contributed by atoms with Crippen molar-refractivity contribution < 1.29 is 14.6 Å². The molecule has 0 aliphatic carbocycles.